The van der Waals surface area contributed by atoms with Crippen LogP contribution in [0.25, 0.3) is 0 Å². The van der Waals surface area contributed by atoms with Crippen molar-refractivity contribution in [3.63, 3.8) is 0 Å². The summed E-state index contributed by atoms with van der Waals surface area (Å²) in [4.78, 5) is 2.28. The number of nitrogens with zero attached hydrogens (tertiary/aromatic N) is 1. The summed E-state index contributed by atoms with van der Waals surface area (Å²) in [6, 6.07) is 5.97. The summed E-state index contributed by atoms with van der Waals surface area (Å²) in [5.41, 5.74) is 7.42. The molecule has 2 rings (SSSR count). The first-order valence-electron chi connectivity index (χ1n) is 5.93. The molecule has 4 heteroatoms. The smallest absolute Gasteiger partial charge is 0.123 e. The summed E-state index contributed by atoms with van der Waals surface area (Å²) >= 11 is 3.47. The van der Waals surface area contributed by atoms with Gasteiger partial charge in [0.25, 0.3) is 0 Å². The molecule has 1 aromatic rings. The number of nitrogen functional groups attached to an aromatic ring is 1. The van der Waals surface area contributed by atoms with E-state index in [4.69, 9.17) is 11.1 Å². The first-order chi connectivity index (χ1) is 8.08. The first-order valence-corrected chi connectivity index (χ1v) is 6.72. The molecular formula is C13H18BrN3. The minimum atomic E-state index is 0.102. The van der Waals surface area contributed by atoms with E-state index >= 15 is 0 Å². The van der Waals surface area contributed by atoms with Crippen molar-refractivity contribution < 1.29 is 0 Å². The fourth-order valence-electron chi connectivity index (χ4n) is 2.13. The molecule has 0 aromatic heterocycles. The number of halogens is 1. The van der Waals surface area contributed by atoms with E-state index in [-0.39, 0.29) is 5.84 Å². The molecule has 0 unspecified atom stereocenters. The molecule has 3 N–H and O–H groups in total. The van der Waals surface area contributed by atoms with Crippen LogP contribution in [0, 0.1) is 11.3 Å². The number of benzene rings is 1. The Labute approximate surface area is 111 Å². The van der Waals surface area contributed by atoms with E-state index in [0.717, 1.165) is 22.5 Å². The summed E-state index contributed by atoms with van der Waals surface area (Å²) < 4.78 is 0.892. The van der Waals surface area contributed by atoms with Crippen LogP contribution in [0.4, 0.5) is 5.69 Å². The molecule has 0 aliphatic heterocycles. The van der Waals surface area contributed by atoms with Crippen molar-refractivity contribution >= 4 is 27.5 Å². The second-order valence-corrected chi connectivity index (χ2v) is 5.61. The molecule has 1 saturated carbocycles. The zero-order valence-corrected chi connectivity index (χ0v) is 11.6. The Morgan fingerprint density at radius 1 is 1.53 bits per heavy atom. The fourth-order valence-corrected chi connectivity index (χ4v) is 2.71. The lowest BCUT2D eigenvalue weighted by Gasteiger charge is -2.31. The van der Waals surface area contributed by atoms with E-state index in [1.807, 2.05) is 18.2 Å². The van der Waals surface area contributed by atoms with Crippen molar-refractivity contribution in [2.75, 3.05) is 18.5 Å². The Hall–Kier alpha value is -1.03. The van der Waals surface area contributed by atoms with Crippen LogP contribution in [-0.2, 0) is 0 Å². The van der Waals surface area contributed by atoms with Gasteiger partial charge >= 0.3 is 0 Å². The summed E-state index contributed by atoms with van der Waals surface area (Å²) in [5.74, 6) is 0.955. The van der Waals surface area contributed by atoms with Gasteiger partial charge in [-0.3, -0.25) is 5.41 Å². The van der Waals surface area contributed by atoms with Crippen molar-refractivity contribution in [3.05, 3.63) is 28.2 Å². The molecule has 0 bridgehead atoms. The van der Waals surface area contributed by atoms with E-state index in [1.54, 1.807) is 0 Å². The van der Waals surface area contributed by atoms with Crippen LogP contribution >= 0.6 is 15.9 Å². The molecule has 0 amide bonds. The van der Waals surface area contributed by atoms with Gasteiger partial charge in [-0.2, -0.15) is 0 Å². The highest BCUT2D eigenvalue weighted by atomic mass is 79.9. The number of amidine groups is 1. The number of hydrogen-bond donors (Lipinski definition) is 2. The van der Waals surface area contributed by atoms with Gasteiger partial charge in [-0.1, -0.05) is 6.42 Å². The van der Waals surface area contributed by atoms with E-state index in [1.165, 1.54) is 24.9 Å². The summed E-state index contributed by atoms with van der Waals surface area (Å²) in [6.45, 7) is 1.12. The Morgan fingerprint density at radius 3 is 2.71 bits per heavy atom. The van der Waals surface area contributed by atoms with Crippen LogP contribution in [-0.4, -0.2) is 19.4 Å². The largest absolute Gasteiger partial charge is 0.384 e. The first kappa shape index (κ1) is 12.4. The van der Waals surface area contributed by atoms with Gasteiger partial charge in [0.1, 0.15) is 5.84 Å². The Balaban J connectivity index is 2.10. The standard InChI is InChI=1S/C13H18BrN3/c1-17(8-9-3-2-4-9)10-5-6-11(13(15)16)12(14)7-10/h5-7,9H,2-4,8H2,1H3,(H3,15,16). The van der Waals surface area contributed by atoms with Crippen LogP contribution in [0.2, 0.25) is 0 Å². The molecule has 92 valence electrons. The minimum Gasteiger partial charge on any atom is -0.384 e. The number of rotatable bonds is 4. The quantitative estimate of drug-likeness (QED) is 0.663. The third kappa shape index (κ3) is 2.80. The van der Waals surface area contributed by atoms with Crippen molar-refractivity contribution in [3.8, 4) is 0 Å². The maximum atomic E-state index is 7.44. The Bertz CT molecular complexity index is 427. The molecule has 17 heavy (non-hydrogen) atoms. The minimum absolute atomic E-state index is 0.102. The van der Waals surface area contributed by atoms with Gasteiger partial charge in [0.15, 0.2) is 0 Å². The molecule has 0 spiro atoms. The third-order valence-corrected chi connectivity index (χ3v) is 4.10. The molecular weight excluding hydrogens is 278 g/mol. The third-order valence-electron chi connectivity index (χ3n) is 3.44. The molecule has 1 aromatic carbocycles. The summed E-state index contributed by atoms with van der Waals surface area (Å²) in [7, 11) is 2.12. The maximum Gasteiger partial charge on any atom is 0.123 e. The number of anilines is 1. The molecule has 0 atom stereocenters. The second kappa shape index (κ2) is 5.08. The van der Waals surface area contributed by atoms with Crippen LogP contribution < -0.4 is 10.6 Å². The van der Waals surface area contributed by atoms with E-state index in [2.05, 4.69) is 27.9 Å². The summed E-state index contributed by atoms with van der Waals surface area (Å²) in [6.07, 6.45) is 4.10. The van der Waals surface area contributed by atoms with E-state index in [9.17, 15) is 0 Å². The molecule has 1 aliphatic carbocycles. The van der Waals surface area contributed by atoms with Gasteiger partial charge in [0.05, 0.1) is 0 Å². The average molecular weight is 296 g/mol. The van der Waals surface area contributed by atoms with Crippen molar-refractivity contribution in [2.24, 2.45) is 11.7 Å². The SMILES string of the molecule is CN(CC1CCC1)c1ccc(C(=N)N)c(Br)c1. The van der Waals surface area contributed by atoms with Gasteiger partial charge in [-0.25, -0.2) is 0 Å². The van der Waals surface area contributed by atoms with Crippen LogP contribution in [0.1, 0.15) is 24.8 Å². The highest BCUT2D eigenvalue weighted by molar-refractivity contribution is 9.10. The molecule has 0 heterocycles. The molecule has 0 radical (unpaired) electrons. The number of nitrogens with two attached hydrogens (primary N) is 1. The Morgan fingerprint density at radius 2 is 2.24 bits per heavy atom. The average Bonchev–Trinajstić information content (AvgIpc) is 2.22. The predicted octanol–water partition coefficient (Wildman–Crippen LogP) is 2.97. The van der Waals surface area contributed by atoms with Gasteiger partial charge in [0.2, 0.25) is 0 Å². The zero-order chi connectivity index (χ0) is 12.4. The molecule has 1 aliphatic rings. The normalized spacial score (nSPS) is 15.4. The Kier molecular flexibility index (Phi) is 3.72. The van der Waals surface area contributed by atoms with E-state index < -0.39 is 0 Å². The van der Waals surface area contributed by atoms with Crippen molar-refractivity contribution in [1.29, 1.82) is 5.41 Å². The highest BCUT2D eigenvalue weighted by Crippen LogP contribution is 2.29. The van der Waals surface area contributed by atoms with Gasteiger partial charge < -0.3 is 10.6 Å². The lowest BCUT2D eigenvalue weighted by Crippen LogP contribution is -2.29. The lowest BCUT2D eigenvalue weighted by molar-refractivity contribution is 0.321. The van der Waals surface area contributed by atoms with Crippen LogP contribution in [0.5, 0.6) is 0 Å². The van der Waals surface area contributed by atoms with E-state index in [0.29, 0.717) is 0 Å². The molecule has 3 nitrogen and oxygen atoms in total. The highest BCUT2D eigenvalue weighted by Gasteiger charge is 2.19. The maximum absolute atomic E-state index is 7.44. The van der Waals surface area contributed by atoms with Crippen LogP contribution in [0.15, 0.2) is 22.7 Å². The lowest BCUT2D eigenvalue weighted by atomic mass is 9.85. The van der Waals surface area contributed by atoms with Gasteiger partial charge in [-0.05, 0) is 52.9 Å². The van der Waals surface area contributed by atoms with Gasteiger partial charge in [0, 0.05) is 29.3 Å². The monoisotopic (exact) mass is 295 g/mol. The topological polar surface area (TPSA) is 53.1 Å². The van der Waals surface area contributed by atoms with Gasteiger partial charge in [-0.15, -0.1) is 0 Å². The number of hydrogen-bond acceptors (Lipinski definition) is 2. The van der Waals surface area contributed by atoms with Crippen molar-refractivity contribution in [1.82, 2.24) is 0 Å². The number of nitrogens with one attached hydrogen (secondary N) is 1. The fraction of sp³-hybridized carbons (Fsp3) is 0.462. The molecule has 0 saturated heterocycles. The predicted molar refractivity (Wildman–Crippen MR) is 75.8 cm³/mol. The van der Waals surface area contributed by atoms with Crippen molar-refractivity contribution in [2.45, 2.75) is 19.3 Å². The second-order valence-electron chi connectivity index (χ2n) is 4.76. The summed E-state index contributed by atoms with van der Waals surface area (Å²) in [5, 5.41) is 7.44. The van der Waals surface area contributed by atoms with Crippen LogP contribution in [0.3, 0.4) is 0 Å². The zero-order valence-electron chi connectivity index (χ0n) is 10.0. The molecule has 1 fully saturated rings.